The Bertz CT molecular complexity index is 709. The number of halogens is 1. The molecule has 1 aromatic carbocycles. The molecule has 120 valence electrons. The minimum Gasteiger partial charge on any atom is -0.337 e. The number of likely N-dealkylation sites (tertiary alicyclic amines) is 1. The van der Waals surface area contributed by atoms with E-state index in [1.807, 2.05) is 29.2 Å². The number of benzene rings is 1. The van der Waals surface area contributed by atoms with E-state index in [9.17, 15) is 4.79 Å². The van der Waals surface area contributed by atoms with Gasteiger partial charge in [0.1, 0.15) is 6.04 Å². The van der Waals surface area contributed by atoms with Crippen LogP contribution in [0.1, 0.15) is 44.0 Å². The summed E-state index contributed by atoms with van der Waals surface area (Å²) in [6, 6.07) is 7.75. The van der Waals surface area contributed by atoms with E-state index in [1.165, 1.54) is 0 Å². The Hall–Kier alpha value is -1.69. The average Bonchev–Trinajstić information content (AvgIpc) is 3.32. The van der Waals surface area contributed by atoms with Gasteiger partial charge in [-0.3, -0.25) is 4.79 Å². The topological polar surface area (TPSA) is 59.2 Å². The Balaban J connectivity index is 1.58. The lowest BCUT2D eigenvalue weighted by Crippen LogP contribution is -2.39. The summed E-state index contributed by atoms with van der Waals surface area (Å²) in [6.45, 7) is 0.802. The third-order valence-electron chi connectivity index (χ3n) is 4.54. The van der Waals surface area contributed by atoms with Crippen LogP contribution in [0.5, 0.6) is 0 Å². The highest BCUT2D eigenvalue weighted by Crippen LogP contribution is 2.37. The quantitative estimate of drug-likeness (QED) is 0.814. The number of hydrogen-bond donors (Lipinski definition) is 0. The van der Waals surface area contributed by atoms with E-state index in [2.05, 4.69) is 26.1 Å². The molecule has 1 aliphatic carbocycles. The van der Waals surface area contributed by atoms with Gasteiger partial charge >= 0.3 is 0 Å². The van der Waals surface area contributed by atoms with Crippen molar-refractivity contribution in [2.45, 2.75) is 38.1 Å². The van der Waals surface area contributed by atoms with Crippen LogP contribution in [-0.2, 0) is 4.79 Å². The molecule has 1 aliphatic heterocycles. The zero-order valence-electron chi connectivity index (χ0n) is 12.7. The first kappa shape index (κ1) is 14.9. The predicted molar refractivity (Wildman–Crippen MR) is 88.5 cm³/mol. The molecular weight excluding hydrogens is 358 g/mol. The molecule has 1 saturated heterocycles. The highest BCUT2D eigenvalue weighted by Gasteiger charge is 2.39. The number of carbonyl (C=O) groups excluding carboxylic acids is 1. The van der Waals surface area contributed by atoms with Gasteiger partial charge in [-0.15, -0.1) is 0 Å². The molecule has 1 amide bonds. The molecule has 2 fully saturated rings. The van der Waals surface area contributed by atoms with Crippen molar-refractivity contribution in [3.63, 3.8) is 0 Å². The molecular formula is C17H18BrN3O2. The number of piperidine rings is 1. The SMILES string of the molecule is O=C(C1CC1)N1CCCCC1c1nc(-c2ccc(Br)cc2)no1. The van der Waals surface area contributed by atoms with Gasteiger partial charge in [-0.2, -0.15) is 4.98 Å². The normalized spacial score (nSPS) is 21.4. The summed E-state index contributed by atoms with van der Waals surface area (Å²) in [7, 11) is 0. The van der Waals surface area contributed by atoms with Gasteiger partial charge in [-0.1, -0.05) is 21.1 Å². The molecule has 0 radical (unpaired) electrons. The Labute approximate surface area is 143 Å². The second-order valence-corrected chi connectivity index (χ2v) is 7.20. The number of amides is 1. The second kappa shape index (κ2) is 6.07. The lowest BCUT2D eigenvalue weighted by atomic mass is 10.0. The highest BCUT2D eigenvalue weighted by atomic mass is 79.9. The molecule has 2 aromatic rings. The first-order valence-electron chi connectivity index (χ1n) is 8.12. The summed E-state index contributed by atoms with van der Waals surface area (Å²) in [5.41, 5.74) is 0.916. The standard InChI is InChI=1S/C17H18BrN3O2/c18-13-8-6-11(7-9-13)15-19-16(23-20-15)14-3-1-2-10-21(14)17(22)12-4-5-12/h6-9,12,14H,1-5,10H2. The zero-order chi connectivity index (χ0) is 15.8. The van der Waals surface area contributed by atoms with Crippen molar-refractivity contribution < 1.29 is 9.32 Å². The molecule has 1 unspecified atom stereocenters. The fourth-order valence-corrected chi connectivity index (χ4v) is 3.37. The maximum Gasteiger partial charge on any atom is 0.249 e. The van der Waals surface area contributed by atoms with Crippen molar-refractivity contribution in [2.75, 3.05) is 6.54 Å². The van der Waals surface area contributed by atoms with E-state index in [4.69, 9.17) is 4.52 Å². The third kappa shape index (κ3) is 3.04. The molecule has 6 heteroatoms. The summed E-state index contributed by atoms with van der Waals surface area (Å²) in [6.07, 6.45) is 5.10. The van der Waals surface area contributed by atoms with E-state index >= 15 is 0 Å². The summed E-state index contributed by atoms with van der Waals surface area (Å²) < 4.78 is 6.52. The van der Waals surface area contributed by atoms with Crippen LogP contribution in [0.2, 0.25) is 0 Å². The Morgan fingerprint density at radius 2 is 1.96 bits per heavy atom. The van der Waals surface area contributed by atoms with Gasteiger partial charge in [0.05, 0.1) is 0 Å². The van der Waals surface area contributed by atoms with Gasteiger partial charge in [-0.05, 0) is 56.4 Å². The molecule has 0 N–H and O–H groups in total. The van der Waals surface area contributed by atoms with Crippen LogP contribution in [0.15, 0.2) is 33.3 Å². The average molecular weight is 376 g/mol. The summed E-state index contributed by atoms with van der Waals surface area (Å²) in [4.78, 5) is 19.0. The molecule has 0 bridgehead atoms. The lowest BCUT2D eigenvalue weighted by molar-refractivity contribution is -0.137. The van der Waals surface area contributed by atoms with Crippen molar-refractivity contribution >= 4 is 21.8 Å². The van der Waals surface area contributed by atoms with Gasteiger partial charge in [0.2, 0.25) is 17.6 Å². The summed E-state index contributed by atoms with van der Waals surface area (Å²) in [5.74, 6) is 1.64. The number of aromatic nitrogens is 2. The van der Waals surface area contributed by atoms with Crippen molar-refractivity contribution in [1.82, 2.24) is 15.0 Å². The third-order valence-corrected chi connectivity index (χ3v) is 5.07. The Morgan fingerprint density at radius 1 is 1.17 bits per heavy atom. The number of rotatable bonds is 3. The second-order valence-electron chi connectivity index (χ2n) is 6.28. The summed E-state index contributed by atoms with van der Waals surface area (Å²) >= 11 is 3.42. The molecule has 1 aromatic heterocycles. The summed E-state index contributed by atoms with van der Waals surface area (Å²) in [5, 5.41) is 4.11. The fraction of sp³-hybridized carbons (Fsp3) is 0.471. The Morgan fingerprint density at radius 3 is 2.70 bits per heavy atom. The van der Waals surface area contributed by atoms with E-state index in [-0.39, 0.29) is 17.9 Å². The maximum absolute atomic E-state index is 12.5. The van der Waals surface area contributed by atoms with Gasteiger partial charge in [-0.25, -0.2) is 0 Å². The monoisotopic (exact) mass is 375 g/mol. The molecule has 5 nitrogen and oxygen atoms in total. The Kier molecular flexibility index (Phi) is 3.93. The molecule has 1 saturated carbocycles. The van der Waals surface area contributed by atoms with Crippen LogP contribution in [0.3, 0.4) is 0 Å². The molecule has 0 spiro atoms. The maximum atomic E-state index is 12.5. The van der Waals surface area contributed by atoms with Gasteiger partial charge in [0, 0.05) is 22.5 Å². The minimum atomic E-state index is -0.0615. The lowest BCUT2D eigenvalue weighted by Gasteiger charge is -2.33. The molecule has 2 aliphatic rings. The van der Waals surface area contributed by atoms with Crippen molar-refractivity contribution in [1.29, 1.82) is 0 Å². The van der Waals surface area contributed by atoms with Crippen LogP contribution in [0, 0.1) is 5.92 Å². The number of hydrogen-bond acceptors (Lipinski definition) is 4. The largest absolute Gasteiger partial charge is 0.337 e. The van der Waals surface area contributed by atoms with Crippen LogP contribution in [0.25, 0.3) is 11.4 Å². The van der Waals surface area contributed by atoms with E-state index in [0.29, 0.717) is 11.7 Å². The highest BCUT2D eigenvalue weighted by molar-refractivity contribution is 9.10. The van der Waals surface area contributed by atoms with E-state index < -0.39 is 0 Å². The molecule has 2 heterocycles. The van der Waals surface area contributed by atoms with E-state index in [1.54, 1.807) is 0 Å². The zero-order valence-corrected chi connectivity index (χ0v) is 14.3. The van der Waals surface area contributed by atoms with Crippen molar-refractivity contribution in [3.8, 4) is 11.4 Å². The predicted octanol–water partition coefficient (Wildman–Crippen LogP) is 3.96. The van der Waals surface area contributed by atoms with Gasteiger partial charge in [0.15, 0.2) is 0 Å². The van der Waals surface area contributed by atoms with Crippen LogP contribution < -0.4 is 0 Å². The number of carbonyl (C=O) groups is 1. The fourth-order valence-electron chi connectivity index (χ4n) is 3.10. The number of nitrogens with zero attached hydrogens (tertiary/aromatic N) is 3. The minimum absolute atomic E-state index is 0.0615. The van der Waals surface area contributed by atoms with Gasteiger partial charge < -0.3 is 9.42 Å². The van der Waals surface area contributed by atoms with Crippen LogP contribution in [0.4, 0.5) is 0 Å². The molecule has 4 rings (SSSR count). The first-order chi connectivity index (χ1) is 11.2. The van der Waals surface area contributed by atoms with Gasteiger partial charge in [0.25, 0.3) is 0 Å². The van der Waals surface area contributed by atoms with E-state index in [0.717, 1.165) is 48.7 Å². The molecule has 1 atom stereocenters. The van der Waals surface area contributed by atoms with Crippen LogP contribution in [-0.4, -0.2) is 27.5 Å². The molecule has 23 heavy (non-hydrogen) atoms. The van der Waals surface area contributed by atoms with Crippen LogP contribution >= 0.6 is 15.9 Å². The van der Waals surface area contributed by atoms with Crippen molar-refractivity contribution in [2.24, 2.45) is 5.92 Å². The van der Waals surface area contributed by atoms with Crippen molar-refractivity contribution in [3.05, 3.63) is 34.6 Å². The smallest absolute Gasteiger partial charge is 0.249 e. The first-order valence-corrected chi connectivity index (χ1v) is 8.92.